The lowest BCUT2D eigenvalue weighted by Crippen LogP contribution is -2.34. The molecule has 0 heterocycles. The van der Waals surface area contributed by atoms with Crippen LogP contribution in [0.1, 0.15) is 5.56 Å². The molecule has 0 spiro atoms. The third-order valence-electron chi connectivity index (χ3n) is 2.14. The number of aliphatic carboxylic acids is 2. The van der Waals surface area contributed by atoms with E-state index >= 15 is 0 Å². The zero-order chi connectivity index (χ0) is 13.7. The van der Waals surface area contributed by atoms with E-state index in [1.165, 1.54) is 17.0 Å². The molecule has 0 radical (unpaired) electrons. The molecule has 0 aromatic heterocycles. The molecular formula is C11H11BrFNO4. The largest absolute Gasteiger partial charge is 0.480 e. The van der Waals surface area contributed by atoms with E-state index in [0.717, 1.165) is 0 Å². The van der Waals surface area contributed by atoms with Crippen LogP contribution in [0, 0.1) is 5.82 Å². The Hall–Kier alpha value is -1.47. The van der Waals surface area contributed by atoms with E-state index in [9.17, 15) is 14.0 Å². The van der Waals surface area contributed by atoms with Gasteiger partial charge in [0.1, 0.15) is 5.82 Å². The second kappa shape index (κ2) is 6.46. The Bertz CT molecular complexity index is 450. The highest BCUT2D eigenvalue weighted by atomic mass is 79.9. The molecule has 0 aliphatic rings. The van der Waals surface area contributed by atoms with Crippen LogP contribution in [-0.2, 0) is 16.1 Å². The van der Waals surface area contributed by atoms with Crippen LogP contribution in [0.2, 0.25) is 0 Å². The molecule has 0 saturated carbocycles. The van der Waals surface area contributed by atoms with Gasteiger partial charge in [0.15, 0.2) is 0 Å². The Morgan fingerprint density at radius 3 is 2.28 bits per heavy atom. The fraction of sp³-hybridized carbons (Fsp3) is 0.273. The average molecular weight is 320 g/mol. The van der Waals surface area contributed by atoms with Gasteiger partial charge in [-0.2, -0.15) is 0 Å². The van der Waals surface area contributed by atoms with Crippen molar-refractivity contribution >= 4 is 27.9 Å². The highest BCUT2D eigenvalue weighted by Crippen LogP contribution is 2.21. The van der Waals surface area contributed by atoms with Crippen LogP contribution in [-0.4, -0.2) is 40.1 Å². The number of nitrogens with zero attached hydrogens (tertiary/aromatic N) is 1. The summed E-state index contributed by atoms with van der Waals surface area (Å²) < 4.78 is 13.5. The highest BCUT2D eigenvalue weighted by Gasteiger charge is 2.16. The van der Waals surface area contributed by atoms with Gasteiger partial charge >= 0.3 is 11.9 Å². The number of hydrogen-bond acceptors (Lipinski definition) is 3. The minimum atomic E-state index is -1.14. The molecule has 0 bridgehead atoms. The fourth-order valence-electron chi connectivity index (χ4n) is 1.46. The van der Waals surface area contributed by atoms with Crippen LogP contribution < -0.4 is 0 Å². The molecule has 0 saturated heterocycles. The van der Waals surface area contributed by atoms with Gasteiger partial charge in [-0.1, -0.05) is 12.1 Å². The van der Waals surface area contributed by atoms with Gasteiger partial charge in [0.2, 0.25) is 0 Å². The zero-order valence-electron chi connectivity index (χ0n) is 9.27. The van der Waals surface area contributed by atoms with Crippen LogP contribution in [0.3, 0.4) is 0 Å². The van der Waals surface area contributed by atoms with Crippen molar-refractivity contribution in [3.63, 3.8) is 0 Å². The Balaban J connectivity index is 2.84. The van der Waals surface area contributed by atoms with E-state index < -0.39 is 30.8 Å². The van der Waals surface area contributed by atoms with Crippen LogP contribution >= 0.6 is 15.9 Å². The first-order valence-electron chi connectivity index (χ1n) is 4.99. The molecule has 1 aromatic rings. The van der Waals surface area contributed by atoms with E-state index in [-0.39, 0.29) is 11.0 Å². The monoisotopic (exact) mass is 319 g/mol. The summed E-state index contributed by atoms with van der Waals surface area (Å²) in [6.45, 7) is -0.804. The first-order valence-corrected chi connectivity index (χ1v) is 5.78. The highest BCUT2D eigenvalue weighted by molar-refractivity contribution is 9.10. The average Bonchev–Trinajstić information content (AvgIpc) is 2.23. The Kier molecular flexibility index (Phi) is 5.24. The SMILES string of the molecule is O=C(O)CN(CC(=O)O)Cc1cccc(F)c1Br. The summed E-state index contributed by atoms with van der Waals surface area (Å²) in [5.74, 6) is -2.74. The molecule has 0 amide bonds. The maximum atomic E-state index is 13.3. The van der Waals surface area contributed by atoms with Gasteiger partial charge in [-0.15, -0.1) is 0 Å². The normalized spacial score (nSPS) is 10.6. The van der Waals surface area contributed by atoms with E-state index in [0.29, 0.717) is 5.56 Å². The second-order valence-corrected chi connectivity index (χ2v) is 4.44. The van der Waals surface area contributed by atoms with Crippen molar-refractivity contribution in [1.82, 2.24) is 4.90 Å². The predicted molar refractivity (Wildman–Crippen MR) is 64.6 cm³/mol. The van der Waals surface area contributed by atoms with Crippen LogP contribution in [0.25, 0.3) is 0 Å². The molecule has 18 heavy (non-hydrogen) atoms. The summed E-state index contributed by atoms with van der Waals surface area (Å²) in [5.41, 5.74) is 0.498. The standard InChI is InChI=1S/C11H11BrFNO4/c12-11-7(2-1-3-8(11)13)4-14(5-9(15)16)6-10(17)18/h1-3H,4-6H2,(H,15,16)(H,17,18). The van der Waals surface area contributed by atoms with Crippen molar-refractivity contribution in [2.75, 3.05) is 13.1 Å². The first kappa shape index (κ1) is 14.6. The van der Waals surface area contributed by atoms with Crippen molar-refractivity contribution < 1.29 is 24.2 Å². The Morgan fingerprint density at radius 2 is 1.78 bits per heavy atom. The number of halogens is 2. The molecule has 1 aromatic carbocycles. The van der Waals surface area contributed by atoms with E-state index in [2.05, 4.69) is 15.9 Å². The van der Waals surface area contributed by atoms with Crippen molar-refractivity contribution in [2.45, 2.75) is 6.54 Å². The van der Waals surface area contributed by atoms with Crippen molar-refractivity contribution in [1.29, 1.82) is 0 Å². The lowest BCUT2D eigenvalue weighted by atomic mass is 10.2. The quantitative estimate of drug-likeness (QED) is 0.832. The van der Waals surface area contributed by atoms with Gasteiger partial charge in [0.25, 0.3) is 0 Å². The van der Waals surface area contributed by atoms with E-state index in [4.69, 9.17) is 10.2 Å². The summed E-state index contributed by atoms with van der Waals surface area (Å²) in [6.07, 6.45) is 0. The van der Waals surface area contributed by atoms with Gasteiger partial charge in [0.05, 0.1) is 17.6 Å². The summed E-state index contributed by atoms with van der Waals surface area (Å²) in [5, 5.41) is 17.4. The molecule has 1 rings (SSSR count). The first-order chi connectivity index (χ1) is 8.40. The van der Waals surface area contributed by atoms with Crippen LogP contribution in [0.15, 0.2) is 22.7 Å². The topological polar surface area (TPSA) is 77.8 Å². The Labute approximate surface area is 111 Å². The number of carboxylic acids is 2. The number of rotatable bonds is 6. The van der Waals surface area contributed by atoms with Gasteiger partial charge in [-0.25, -0.2) is 4.39 Å². The van der Waals surface area contributed by atoms with Gasteiger partial charge in [-0.05, 0) is 27.6 Å². The summed E-state index contributed by atoms with van der Waals surface area (Å²) >= 11 is 3.04. The third kappa shape index (κ3) is 4.42. The molecule has 0 aliphatic heterocycles. The van der Waals surface area contributed by atoms with Crippen molar-refractivity contribution in [2.24, 2.45) is 0 Å². The predicted octanol–water partition coefficient (Wildman–Crippen LogP) is 1.56. The molecule has 0 atom stereocenters. The number of carboxylic acid groups (broad SMARTS) is 2. The van der Waals surface area contributed by atoms with Crippen molar-refractivity contribution in [3.8, 4) is 0 Å². The van der Waals surface area contributed by atoms with E-state index in [1.807, 2.05) is 0 Å². The van der Waals surface area contributed by atoms with E-state index in [1.54, 1.807) is 6.07 Å². The summed E-state index contributed by atoms with van der Waals surface area (Å²) in [7, 11) is 0. The zero-order valence-corrected chi connectivity index (χ0v) is 10.9. The number of benzene rings is 1. The second-order valence-electron chi connectivity index (χ2n) is 3.65. The smallest absolute Gasteiger partial charge is 0.317 e. The molecule has 5 nitrogen and oxygen atoms in total. The molecule has 2 N–H and O–H groups in total. The molecule has 7 heteroatoms. The Morgan fingerprint density at radius 1 is 1.22 bits per heavy atom. The van der Waals surface area contributed by atoms with Gasteiger partial charge in [0, 0.05) is 6.54 Å². The molecule has 0 unspecified atom stereocenters. The summed E-state index contributed by atoms with van der Waals surface area (Å²) in [4.78, 5) is 22.4. The molecule has 0 fully saturated rings. The number of carbonyl (C=O) groups is 2. The molecule has 98 valence electrons. The van der Waals surface area contributed by atoms with Crippen LogP contribution in [0.4, 0.5) is 4.39 Å². The summed E-state index contributed by atoms with van der Waals surface area (Å²) in [6, 6.07) is 4.34. The van der Waals surface area contributed by atoms with Crippen molar-refractivity contribution in [3.05, 3.63) is 34.1 Å². The minimum absolute atomic E-state index is 0.0386. The maximum Gasteiger partial charge on any atom is 0.317 e. The lowest BCUT2D eigenvalue weighted by Gasteiger charge is -2.18. The van der Waals surface area contributed by atoms with Crippen LogP contribution in [0.5, 0.6) is 0 Å². The molecular weight excluding hydrogens is 309 g/mol. The number of hydrogen-bond donors (Lipinski definition) is 2. The maximum absolute atomic E-state index is 13.3. The van der Waals surface area contributed by atoms with Gasteiger partial charge in [-0.3, -0.25) is 14.5 Å². The molecule has 0 aliphatic carbocycles. The van der Waals surface area contributed by atoms with Gasteiger partial charge < -0.3 is 10.2 Å². The lowest BCUT2D eigenvalue weighted by molar-refractivity contribution is -0.142. The third-order valence-corrected chi connectivity index (χ3v) is 3.03. The fourth-order valence-corrected chi connectivity index (χ4v) is 1.85. The minimum Gasteiger partial charge on any atom is -0.480 e.